The zero-order chi connectivity index (χ0) is 27.3. The first-order chi connectivity index (χ1) is 18.2. The van der Waals surface area contributed by atoms with Crippen molar-refractivity contribution in [2.24, 2.45) is 52.1 Å². The van der Waals surface area contributed by atoms with Gasteiger partial charge in [0.2, 0.25) is 0 Å². The van der Waals surface area contributed by atoms with Crippen molar-refractivity contribution in [1.82, 2.24) is 10.6 Å². The first-order valence-electron chi connectivity index (χ1n) is 16.1. The van der Waals surface area contributed by atoms with Gasteiger partial charge in [-0.05, 0) is 150 Å². The molecule has 4 fully saturated rings. The van der Waals surface area contributed by atoms with Gasteiger partial charge in [0, 0.05) is 12.5 Å². The maximum Gasteiger partial charge on any atom is 0.305 e. The van der Waals surface area contributed by atoms with E-state index in [-0.39, 0.29) is 12.1 Å². The molecule has 0 aromatic carbocycles. The summed E-state index contributed by atoms with van der Waals surface area (Å²) in [6.45, 7) is 11.5. The summed E-state index contributed by atoms with van der Waals surface area (Å²) in [5.74, 6) is 3.51. The molecule has 0 bridgehead atoms. The number of aliphatic hydroxyl groups excluding tert-OH is 1. The molecule has 4 aliphatic carbocycles. The van der Waals surface area contributed by atoms with E-state index in [2.05, 4.69) is 31.4 Å². The van der Waals surface area contributed by atoms with Crippen LogP contribution in [0.5, 0.6) is 0 Å². The average Bonchev–Trinajstić information content (AvgIpc) is 3.26. The normalized spacial score (nSPS) is 41.2. The highest BCUT2D eigenvalue weighted by Crippen LogP contribution is 2.68. The fourth-order valence-electron chi connectivity index (χ4n) is 10.1. The van der Waals surface area contributed by atoms with E-state index < -0.39 is 0 Å². The van der Waals surface area contributed by atoms with E-state index in [1.165, 1.54) is 64.9 Å². The van der Waals surface area contributed by atoms with Gasteiger partial charge in [0.25, 0.3) is 0 Å². The van der Waals surface area contributed by atoms with Crippen molar-refractivity contribution in [3.63, 3.8) is 0 Å². The van der Waals surface area contributed by atoms with Crippen LogP contribution in [0.15, 0.2) is 0 Å². The second-order valence-electron chi connectivity index (χ2n) is 14.1. The quantitative estimate of drug-likeness (QED) is 0.199. The van der Waals surface area contributed by atoms with Crippen LogP contribution in [0.4, 0.5) is 0 Å². The van der Waals surface area contributed by atoms with E-state index >= 15 is 0 Å². The Kier molecular flexibility index (Phi) is 10.6. The Bertz CT molecular complexity index is 764. The fourth-order valence-corrected chi connectivity index (χ4v) is 10.1. The Balaban J connectivity index is 1.31. The molecule has 38 heavy (non-hydrogen) atoms. The number of unbranched alkanes of at least 4 members (excludes halogenated alkanes) is 1. The Morgan fingerprint density at radius 3 is 2.50 bits per heavy atom. The summed E-state index contributed by atoms with van der Waals surface area (Å²) in [7, 11) is 1.49. The van der Waals surface area contributed by atoms with Crippen molar-refractivity contribution in [1.29, 1.82) is 0 Å². The molecule has 6 heteroatoms. The zero-order valence-corrected chi connectivity index (χ0v) is 25.0. The third kappa shape index (κ3) is 6.29. The lowest BCUT2D eigenvalue weighted by atomic mass is 9.43. The van der Waals surface area contributed by atoms with Gasteiger partial charge < -0.3 is 26.2 Å². The minimum Gasteiger partial charge on any atom is -0.469 e. The summed E-state index contributed by atoms with van der Waals surface area (Å²) in [6.07, 6.45) is 14.7. The number of hydrogen-bond acceptors (Lipinski definition) is 6. The number of carbonyl (C=O) groups excluding carboxylic acids is 1. The van der Waals surface area contributed by atoms with Crippen LogP contribution in [0.1, 0.15) is 104 Å². The molecule has 4 saturated carbocycles. The number of rotatable bonds is 13. The molecule has 4 unspecified atom stereocenters. The summed E-state index contributed by atoms with van der Waals surface area (Å²) in [6, 6.07) is 0.606. The summed E-state index contributed by atoms with van der Waals surface area (Å²) in [5, 5.41) is 19.1. The maximum atomic E-state index is 11.8. The van der Waals surface area contributed by atoms with E-state index in [4.69, 9.17) is 10.5 Å². The summed E-state index contributed by atoms with van der Waals surface area (Å²) in [4.78, 5) is 11.8. The van der Waals surface area contributed by atoms with Crippen molar-refractivity contribution in [2.45, 2.75) is 116 Å². The first kappa shape index (κ1) is 30.3. The molecule has 0 heterocycles. The third-order valence-electron chi connectivity index (χ3n) is 12.2. The Morgan fingerprint density at radius 2 is 1.74 bits per heavy atom. The number of esters is 1. The van der Waals surface area contributed by atoms with Crippen LogP contribution in [-0.2, 0) is 9.53 Å². The van der Waals surface area contributed by atoms with Crippen molar-refractivity contribution < 1.29 is 14.6 Å². The number of nitrogens with two attached hydrogens (primary N) is 1. The summed E-state index contributed by atoms with van der Waals surface area (Å²) >= 11 is 0. The molecule has 0 spiro atoms. The Hall–Kier alpha value is -0.690. The number of hydrogen-bond donors (Lipinski definition) is 4. The number of carbonyl (C=O) groups is 1. The van der Waals surface area contributed by atoms with Gasteiger partial charge in [-0.1, -0.05) is 20.8 Å². The van der Waals surface area contributed by atoms with Crippen LogP contribution in [0.2, 0.25) is 0 Å². The molecular formula is C32H59N3O3. The topological polar surface area (TPSA) is 96.6 Å². The second-order valence-corrected chi connectivity index (χ2v) is 14.1. The molecule has 0 aliphatic heterocycles. The van der Waals surface area contributed by atoms with Gasteiger partial charge in [0.15, 0.2) is 0 Å². The maximum absolute atomic E-state index is 11.8. The molecule has 220 valence electrons. The third-order valence-corrected chi connectivity index (χ3v) is 12.2. The van der Waals surface area contributed by atoms with Gasteiger partial charge >= 0.3 is 5.97 Å². The molecule has 0 aromatic heterocycles. The van der Waals surface area contributed by atoms with E-state index in [0.717, 1.165) is 45.4 Å². The highest BCUT2D eigenvalue weighted by atomic mass is 16.5. The minimum atomic E-state index is -0.150. The Labute approximate surface area is 233 Å². The summed E-state index contributed by atoms with van der Waals surface area (Å²) < 4.78 is 4.91. The molecule has 0 saturated heterocycles. The van der Waals surface area contributed by atoms with Gasteiger partial charge in [0.1, 0.15) is 0 Å². The van der Waals surface area contributed by atoms with Crippen molar-refractivity contribution in [3.05, 3.63) is 0 Å². The Morgan fingerprint density at radius 1 is 1.00 bits per heavy atom. The van der Waals surface area contributed by atoms with Gasteiger partial charge in [-0.15, -0.1) is 0 Å². The highest BCUT2D eigenvalue weighted by molar-refractivity contribution is 5.69. The molecule has 4 rings (SSSR count). The second kappa shape index (κ2) is 13.3. The van der Waals surface area contributed by atoms with Crippen LogP contribution < -0.4 is 16.4 Å². The smallest absolute Gasteiger partial charge is 0.305 e. The molecule has 10 atom stereocenters. The number of ether oxygens (including phenoxy) is 1. The minimum absolute atomic E-state index is 0.0815. The molecule has 4 aliphatic rings. The predicted molar refractivity (Wildman–Crippen MR) is 155 cm³/mol. The van der Waals surface area contributed by atoms with Crippen LogP contribution in [-0.4, -0.2) is 56.5 Å². The van der Waals surface area contributed by atoms with Crippen LogP contribution in [0.25, 0.3) is 0 Å². The van der Waals surface area contributed by atoms with Gasteiger partial charge in [-0.3, -0.25) is 4.79 Å². The molecule has 5 N–H and O–H groups in total. The molecule has 6 nitrogen and oxygen atoms in total. The standard InChI is InChI=1S/C32H59N3O3/c1-22(8-11-29(37)38-4)25-9-10-26-30-27(13-15-32(25,26)3)31(2)14-12-24(20-23(31)21-28(30)36)35-19-7-18-34-17-6-5-16-33/h22-28,30,34-36H,5-21,33H2,1-4H3/t22?,23-,24-,25-,26?,27?,28-,30?,31+,32-/m1/s1. The van der Waals surface area contributed by atoms with E-state index in [1.54, 1.807) is 0 Å². The van der Waals surface area contributed by atoms with Crippen LogP contribution in [0.3, 0.4) is 0 Å². The fraction of sp³-hybridized carbons (Fsp3) is 0.969. The average molecular weight is 534 g/mol. The predicted octanol–water partition coefficient (Wildman–Crippen LogP) is 4.88. The van der Waals surface area contributed by atoms with Crippen LogP contribution >= 0.6 is 0 Å². The number of nitrogens with one attached hydrogen (secondary N) is 2. The van der Waals surface area contributed by atoms with E-state index in [1.807, 2.05) is 0 Å². The number of aliphatic hydroxyl groups is 1. The molecule has 0 amide bonds. The highest BCUT2D eigenvalue weighted by Gasteiger charge is 2.62. The SMILES string of the molecule is COC(=O)CCC(C)[C@H]1CCC2C3C(CC[C@@]21C)[C@@]1(C)CC[C@@H](NCCCNCCCCN)C[C@@H]1C[C@H]3O. The van der Waals surface area contributed by atoms with Crippen LogP contribution in [0, 0.1) is 46.3 Å². The molecular weight excluding hydrogens is 474 g/mol. The molecule has 0 radical (unpaired) electrons. The van der Waals surface area contributed by atoms with Gasteiger partial charge in [-0.25, -0.2) is 0 Å². The summed E-state index contributed by atoms with van der Waals surface area (Å²) in [5.41, 5.74) is 6.26. The van der Waals surface area contributed by atoms with E-state index in [0.29, 0.717) is 58.8 Å². The molecule has 0 aromatic rings. The largest absolute Gasteiger partial charge is 0.469 e. The lowest BCUT2D eigenvalue weighted by Crippen LogP contribution is -2.59. The van der Waals surface area contributed by atoms with Gasteiger partial charge in [-0.2, -0.15) is 0 Å². The number of fused-ring (bicyclic) bond motifs is 5. The lowest BCUT2D eigenvalue weighted by molar-refractivity contribution is -0.167. The monoisotopic (exact) mass is 533 g/mol. The van der Waals surface area contributed by atoms with E-state index in [9.17, 15) is 9.90 Å². The van der Waals surface area contributed by atoms with Crippen molar-refractivity contribution >= 4 is 5.97 Å². The zero-order valence-electron chi connectivity index (χ0n) is 25.0. The first-order valence-corrected chi connectivity index (χ1v) is 16.1. The van der Waals surface area contributed by atoms with Crippen molar-refractivity contribution in [2.75, 3.05) is 33.3 Å². The van der Waals surface area contributed by atoms with Gasteiger partial charge in [0.05, 0.1) is 13.2 Å². The number of methoxy groups -OCH3 is 1. The van der Waals surface area contributed by atoms with Crippen molar-refractivity contribution in [3.8, 4) is 0 Å². The lowest BCUT2D eigenvalue weighted by Gasteiger charge is -2.62.